The number of halogens is 1. The zero-order valence-electron chi connectivity index (χ0n) is 10.8. The maximum absolute atomic E-state index is 9.33. The lowest BCUT2D eigenvalue weighted by molar-refractivity contribution is 0.0885. The number of hydrogen-bond donors (Lipinski definition) is 3. The van der Waals surface area contributed by atoms with E-state index < -0.39 is 6.10 Å². The minimum Gasteiger partial charge on any atom is -0.394 e. The normalized spacial score (nSPS) is 17.1. The number of nitrogens with zero attached hydrogens (tertiary/aromatic N) is 1. The number of nitrogens with one attached hydrogen (secondary N) is 1. The van der Waals surface area contributed by atoms with E-state index in [1.54, 1.807) is 6.20 Å². The average molecular weight is 283 g/mol. The monoisotopic (exact) mass is 282 g/mol. The van der Waals surface area contributed by atoms with Gasteiger partial charge in [0.25, 0.3) is 0 Å². The Morgan fingerprint density at radius 3 is 2.95 bits per heavy atom. The summed E-state index contributed by atoms with van der Waals surface area (Å²) in [5.41, 5.74) is 3.02. The molecule has 0 aliphatic carbocycles. The van der Waals surface area contributed by atoms with Crippen molar-refractivity contribution < 1.29 is 10.2 Å². The zero-order valence-corrected chi connectivity index (χ0v) is 11.5. The first-order valence-electron chi connectivity index (χ1n) is 6.54. The first kappa shape index (κ1) is 14.5. The van der Waals surface area contributed by atoms with E-state index in [0.29, 0.717) is 17.9 Å². The van der Waals surface area contributed by atoms with E-state index in [2.05, 4.69) is 16.4 Å². The molecule has 0 spiro atoms. The molecule has 2 rings (SSSR count). The van der Waals surface area contributed by atoms with Crippen LogP contribution in [0.15, 0.2) is 18.3 Å². The minimum absolute atomic E-state index is 0.209. The highest BCUT2D eigenvalue weighted by atomic mass is 35.5. The van der Waals surface area contributed by atoms with E-state index in [-0.39, 0.29) is 6.61 Å². The van der Waals surface area contributed by atoms with Crippen LogP contribution in [0.5, 0.6) is 0 Å². The Hall–Kier alpha value is -0.940. The van der Waals surface area contributed by atoms with E-state index in [4.69, 9.17) is 16.7 Å². The van der Waals surface area contributed by atoms with Gasteiger partial charge < -0.3 is 15.5 Å². The van der Waals surface area contributed by atoms with E-state index in [1.807, 2.05) is 6.07 Å². The summed E-state index contributed by atoms with van der Waals surface area (Å²) in [5.74, 6) is 0. The van der Waals surface area contributed by atoms with Crippen LogP contribution in [0.1, 0.15) is 24.1 Å². The van der Waals surface area contributed by atoms with Gasteiger partial charge in [0, 0.05) is 12.7 Å². The Kier molecular flexibility index (Phi) is 5.34. The molecule has 0 aromatic carbocycles. The van der Waals surface area contributed by atoms with Gasteiger partial charge in [-0.3, -0.25) is 4.98 Å². The Morgan fingerprint density at radius 1 is 1.47 bits per heavy atom. The molecule has 1 aromatic rings. The zero-order chi connectivity index (χ0) is 13.7. The van der Waals surface area contributed by atoms with E-state index in [0.717, 1.165) is 30.8 Å². The minimum atomic E-state index is -0.675. The first-order valence-corrected chi connectivity index (χ1v) is 6.92. The Morgan fingerprint density at radius 2 is 2.32 bits per heavy atom. The van der Waals surface area contributed by atoms with Crippen LogP contribution < -0.4 is 5.32 Å². The molecule has 0 fully saturated rings. The second kappa shape index (κ2) is 7.01. The van der Waals surface area contributed by atoms with Crippen molar-refractivity contribution in [1.82, 2.24) is 10.3 Å². The fraction of sp³-hybridized carbons (Fsp3) is 0.500. The molecular formula is C14H19ClN2O2. The third kappa shape index (κ3) is 4.01. The third-order valence-corrected chi connectivity index (χ3v) is 3.53. The molecule has 0 amide bonds. The summed E-state index contributed by atoms with van der Waals surface area (Å²) in [6, 6.07) is 1.90. The molecule has 0 saturated carbocycles. The predicted octanol–water partition coefficient (Wildman–Crippen LogP) is 1.40. The summed E-state index contributed by atoms with van der Waals surface area (Å²) in [7, 11) is 0. The van der Waals surface area contributed by atoms with Crippen molar-refractivity contribution in [2.75, 3.05) is 19.7 Å². The molecule has 19 heavy (non-hydrogen) atoms. The van der Waals surface area contributed by atoms with Crippen molar-refractivity contribution in [2.45, 2.75) is 25.4 Å². The van der Waals surface area contributed by atoms with E-state index in [1.165, 1.54) is 5.57 Å². The molecule has 0 saturated heterocycles. The number of aliphatic hydroxyl groups excluding tert-OH is 2. The lowest BCUT2D eigenvalue weighted by Crippen LogP contribution is -2.20. The van der Waals surface area contributed by atoms with Crippen molar-refractivity contribution >= 4 is 17.2 Å². The first-order chi connectivity index (χ1) is 9.20. The maximum Gasteiger partial charge on any atom is 0.0845 e. The topological polar surface area (TPSA) is 65.4 Å². The number of pyridine rings is 1. The average Bonchev–Trinajstić information content (AvgIpc) is 2.45. The SMILES string of the molecule is OCC(O)CCc1cnc(C2=CCNCC2)c(Cl)c1. The van der Waals surface area contributed by atoms with Gasteiger partial charge in [0.2, 0.25) is 0 Å². The summed E-state index contributed by atoms with van der Waals surface area (Å²) < 4.78 is 0. The van der Waals surface area contributed by atoms with E-state index >= 15 is 0 Å². The molecule has 0 bridgehead atoms. The number of aromatic nitrogens is 1. The van der Waals surface area contributed by atoms with Crippen molar-refractivity contribution in [2.24, 2.45) is 0 Å². The Bertz CT molecular complexity index is 463. The molecule has 1 aliphatic rings. The Labute approximate surface area is 118 Å². The fourth-order valence-corrected chi connectivity index (χ4v) is 2.42. The molecule has 5 heteroatoms. The third-order valence-electron chi connectivity index (χ3n) is 3.24. The molecule has 3 N–H and O–H groups in total. The van der Waals surface area contributed by atoms with Gasteiger partial charge in [-0.2, -0.15) is 0 Å². The van der Waals surface area contributed by atoms with Crippen molar-refractivity contribution in [1.29, 1.82) is 0 Å². The molecule has 1 atom stereocenters. The molecule has 1 unspecified atom stereocenters. The summed E-state index contributed by atoms with van der Waals surface area (Å²) in [5, 5.41) is 22.0. The fourth-order valence-electron chi connectivity index (χ4n) is 2.11. The molecule has 1 aliphatic heterocycles. The van der Waals surface area contributed by atoms with Crippen molar-refractivity contribution in [3.8, 4) is 0 Å². The van der Waals surface area contributed by atoms with Crippen LogP contribution in [-0.2, 0) is 6.42 Å². The molecule has 104 valence electrons. The number of aliphatic hydroxyl groups is 2. The van der Waals surface area contributed by atoms with Gasteiger partial charge in [-0.1, -0.05) is 17.7 Å². The summed E-state index contributed by atoms with van der Waals surface area (Å²) in [6.45, 7) is 1.60. The maximum atomic E-state index is 9.33. The smallest absolute Gasteiger partial charge is 0.0845 e. The summed E-state index contributed by atoms with van der Waals surface area (Å²) in [4.78, 5) is 4.43. The highest BCUT2D eigenvalue weighted by Gasteiger charge is 2.12. The van der Waals surface area contributed by atoms with Gasteiger partial charge in [-0.15, -0.1) is 0 Å². The van der Waals surface area contributed by atoms with Gasteiger partial charge in [-0.05, 0) is 43.0 Å². The second-order valence-corrected chi connectivity index (χ2v) is 5.14. The van der Waals surface area contributed by atoms with Crippen LogP contribution in [-0.4, -0.2) is 41.0 Å². The van der Waals surface area contributed by atoms with Crippen LogP contribution in [0.4, 0.5) is 0 Å². The van der Waals surface area contributed by atoms with Gasteiger partial charge >= 0.3 is 0 Å². The Balaban J connectivity index is 2.06. The molecule has 1 aromatic heterocycles. The number of rotatable bonds is 5. The van der Waals surface area contributed by atoms with Crippen molar-refractivity contribution in [3.05, 3.63) is 34.6 Å². The van der Waals surface area contributed by atoms with Gasteiger partial charge in [0.15, 0.2) is 0 Å². The van der Waals surface area contributed by atoms with E-state index in [9.17, 15) is 5.11 Å². The van der Waals surface area contributed by atoms with Crippen LogP contribution in [0.25, 0.3) is 5.57 Å². The molecular weight excluding hydrogens is 264 g/mol. The van der Waals surface area contributed by atoms with Crippen LogP contribution in [0, 0.1) is 0 Å². The number of aryl methyl sites for hydroxylation is 1. The highest BCUT2D eigenvalue weighted by molar-refractivity contribution is 6.32. The predicted molar refractivity (Wildman–Crippen MR) is 76.1 cm³/mol. The lowest BCUT2D eigenvalue weighted by Gasteiger charge is -2.15. The summed E-state index contributed by atoms with van der Waals surface area (Å²) in [6.07, 6.45) is 5.36. The van der Waals surface area contributed by atoms with Gasteiger partial charge in [0.1, 0.15) is 0 Å². The lowest BCUT2D eigenvalue weighted by atomic mass is 10.0. The van der Waals surface area contributed by atoms with Gasteiger partial charge in [0.05, 0.1) is 23.4 Å². The van der Waals surface area contributed by atoms with Crippen LogP contribution >= 0.6 is 11.6 Å². The standard InChI is InChI=1S/C14H19ClN2O2/c15-13-7-10(1-2-12(19)9-18)8-17-14(13)11-3-5-16-6-4-11/h3,7-8,12,16,18-19H,1-2,4-6,9H2. The highest BCUT2D eigenvalue weighted by Crippen LogP contribution is 2.26. The molecule has 4 nitrogen and oxygen atoms in total. The molecule has 2 heterocycles. The van der Waals surface area contributed by atoms with Gasteiger partial charge in [-0.25, -0.2) is 0 Å². The largest absolute Gasteiger partial charge is 0.394 e. The van der Waals surface area contributed by atoms with Crippen molar-refractivity contribution in [3.63, 3.8) is 0 Å². The van der Waals surface area contributed by atoms with Crippen LogP contribution in [0.3, 0.4) is 0 Å². The quantitative estimate of drug-likeness (QED) is 0.764. The summed E-state index contributed by atoms with van der Waals surface area (Å²) >= 11 is 6.28. The number of hydrogen-bond acceptors (Lipinski definition) is 4. The second-order valence-electron chi connectivity index (χ2n) is 4.73. The molecule has 0 radical (unpaired) electrons. The van der Waals surface area contributed by atoms with Crippen LogP contribution in [0.2, 0.25) is 5.02 Å².